The average molecular weight is 311 g/mol. The second-order valence-electron chi connectivity index (χ2n) is 4.30. The molecule has 3 nitrogen and oxygen atoms in total. The van der Waals surface area contributed by atoms with Gasteiger partial charge in [-0.25, -0.2) is 0 Å². The Morgan fingerprint density at radius 3 is 2.35 bits per heavy atom. The lowest BCUT2D eigenvalue weighted by Crippen LogP contribution is -2.08. The number of benzene rings is 2. The van der Waals surface area contributed by atoms with E-state index in [1.807, 2.05) is 30.3 Å². The molecular formula is C15H16Cl2N2O. The molecule has 0 spiro atoms. The molecule has 20 heavy (non-hydrogen) atoms. The van der Waals surface area contributed by atoms with Gasteiger partial charge in [-0.05, 0) is 30.7 Å². The van der Waals surface area contributed by atoms with Gasteiger partial charge in [0.05, 0.1) is 22.3 Å². The van der Waals surface area contributed by atoms with Gasteiger partial charge in [0.15, 0.2) is 0 Å². The van der Waals surface area contributed by atoms with Crippen molar-refractivity contribution in [2.45, 2.75) is 6.42 Å². The maximum atomic E-state index is 6.09. The van der Waals surface area contributed by atoms with Gasteiger partial charge < -0.3 is 15.8 Å². The number of nitrogens with two attached hydrogens (primary N) is 1. The van der Waals surface area contributed by atoms with Crippen LogP contribution in [0.25, 0.3) is 0 Å². The van der Waals surface area contributed by atoms with E-state index in [1.54, 1.807) is 12.1 Å². The second-order valence-corrected chi connectivity index (χ2v) is 5.12. The van der Waals surface area contributed by atoms with Crippen molar-refractivity contribution in [1.82, 2.24) is 0 Å². The molecule has 0 aliphatic rings. The quantitative estimate of drug-likeness (QED) is 0.612. The Morgan fingerprint density at radius 2 is 1.70 bits per heavy atom. The lowest BCUT2D eigenvalue weighted by Gasteiger charge is -2.11. The van der Waals surface area contributed by atoms with Gasteiger partial charge in [0, 0.05) is 12.2 Å². The summed E-state index contributed by atoms with van der Waals surface area (Å²) in [5.41, 5.74) is 6.92. The van der Waals surface area contributed by atoms with Gasteiger partial charge in [0.1, 0.15) is 5.75 Å². The molecule has 0 saturated carbocycles. The van der Waals surface area contributed by atoms with Crippen LogP contribution in [0.5, 0.6) is 5.75 Å². The van der Waals surface area contributed by atoms with E-state index in [2.05, 4.69) is 5.32 Å². The predicted molar refractivity (Wildman–Crippen MR) is 85.9 cm³/mol. The van der Waals surface area contributed by atoms with Crippen LogP contribution in [0.1, 0.15) is 6.42 Å². The van der Waals surface area contributed by atoms with E-state index in [1.165, 1.54) is 0 Å². The van der Waals surface area contributed by atoms with Crippen molar-refractivity contribution in [3.05, 3.63) is 52.5 Å². The fourth-order valence-corrected chi connectivity index (χ4v) is 2.39. The standard InChI is InChI=1S/C15H16Cl2N2O/c16-13-9-11(18)10-14(17)15(13)19-7-4-8-20-12-5-2-1-3-6-12/h1-3,5-6,9-10,19H,4,7-8,18H2. The molecule has 0 aromatic heterocycles. The van der Waals surface area contributed by atoms with Crippen LogP contribution in [0.4, 0.5) is 11.4 Å². The molecule has 0 fully saturated rings. The molecule has 0 amide bonds. The molecule has 2 aromatic carbocycles. The van der Waals surface area contributed by atoms with E-state index in [-0.39, 0.29) is 0 Å². The summed E-state index contributed by atoms with van der Waals surface area (Å²) in [6.45, 7) is 1.34. The molecule has 0 unspecified atom stereocenters. The van der Waals surface area contributed by atoms with E-state index in [0.717, 1.165) is 18.7 Å². The SMILES string of the molecule is Nc1cc(Cl)c(NCCCOc2ccccc2)c(Cl)c1. The van der Waals surface area contributed by atoms with Crippen molar-refractivity contribution in [1.29, 1.82) is 0 Å². The minimum absolute atomic E-state index is 0.527. The molecule has 0 aliphatic heterocycles. The van der Waals surface area contributed by atoms with E-state index in [4.69, 9.17) is 33.7 Å². The Labute approximate surface area is 128 Å². The lowest BCUT2D eigenvalue weighted by molar-refractivity contribution is 0.315. The molecule has 5 heteroatoms. The first-order valence-electron chi connectivity index (χ1n) is 6.33. The van der Waals surface area contributed by atoms with Crippen molar-refractivity contribution in [2.24, 2.45) is 0 Å². The number of hydrogen-bond donors (Lipinski definition) is 2. The van der Waals surface area contributed by atoms with E-state index < -0.39 is 0 Å². The molecule has 0 atom stereocenters. The van der Waals surface area contributed by atoms with Gasteiger partial charge in [0.25, 0.3) is 0 Å². The molecule has 0 saturated heterocycles. The summed E-state index contributed by atoms with van der Waals surface area (Å²) in [5, 5.41) is 4.25. The van der Waals surface area contributed by atoms with Gasteiger partial charge in [-0.2, -0.15) is 0 Å². The smallest absolute Gasteiger partial charge is 0.119 e. The maximum absolute atomic E-state index is 6.09. The Kier molecular flexibility index (Phi) is 5.39. The highest BCUT2D eigenvalue weighted by molar-refractivity contribution is 6.39. The number of rotatable bonds is 6. The predicted octanol–water partition coefficient (Wildman–Crippen LogP) is 4.46. The minimum Gasteiger partial charge on any atom is -0.494 e. The van der Waals surface area contributed by atoms with Crippen molar-refractivity contribution < 1.29 is 4.74 Å². The van der Waals surface area contributed by atoms with Crippen LogP contribution in [0.3, 0.4) is 0 Å². The third kappa shape index (κ3) is 4.22. The Hall–Kier alpha value is -1.58. The molecule has 2 aromatic rings. The molecule has 106 valence electrons. The molecule has 0 radical (unpaired) electrons. The summed E-state index contributed by atoms with van der Waals surface area (Å²) in [6.07, 6.45) is 0.839. The van der Waals surface area contributed by atoms with Gasteiger partial charge in [-0.15, -0.1) is 0 Å². The van der Waals surface area contributed by atoms with Crippen molar-refractivity contribution in [2.75, 3.05) is 24.2 Å². The van der Waals surface area contributed by atoms with E-state index in [0.29, 0.717) is 28.0 Å². The molecule has 2 rings (SSSR count). The first kappa shape index (κ1) is 14.8. The molecule has 0 aliphatic carbocycles. The summed E-state index contributed by atoms with van der Waals surface area (Å²) in [5.74, 6) is 0.871. The van der Waals surface area contributed by atoms with Crippen LogP contribution >= 0.6 is 23.2 Å². The van der Waals surface area contributed by atoms with Crippen molar-refractivity contribution in [3.8, 4) is 5.75 Å². The first-order valence-corrected chi connectivity index (χ1v) is 7.08. The number of ether oxygens (including phenoxy) is 1. The van der Waals surface area contributed by atoms with Gasteiger partial charge in [0.2, 0.25) is 0 Å². The third-order valence-electron chi connectivity index (χ3n) is 2.70. The van der Waals surface area contributed by atoms with Crippen LogP contribution in [-0.4, -0.2) is 13.2 Å². The zero-order valence-electron chi connectivity index (χ0n) is 10.9. The maximum Gasteiger partial charge on any atom is 0.119 e. The highest BCUT2D eigenvalue weighted by atomic mass is 35.5. The van der Waals surface area contributed by atoms with Crippen LogP contribution in [0.2, 0.25) is 10.0 Å². The van der Waals surface area contributed by atoms with Crippen LogP contribution in [0, 0.1) is 0 Å². The van der Waals surface area contributed by atoms with Crippen LogP contribution < -0.4 is 15.8 Å². The number of nitrogen functional groups attached to an aromatic ring is 1. The van der Waals surface area contributed by atoms with Crippen molar-refractivity contribution in [3.63, 3.8) is 0 Å². The zero-order chi connectivity index (χ0) is 14.4. The number of nitrogens with one attached hydrogen (secondary N) is 1. The second kappa shape index (κ2) is 7.27. The minimum atomic E-state index is 0.527. The number of halogens is 2. The van der Waals surface area contributed by atoms with E-state index >= 15 is 0 Å². The molecule has 0 bridgehead atoms. The topological polar surface area (TPSA) is 47.3 Å². The zero-order valence-corrected chi connectivity index (χ0v) is 12.4. The summed E-state index contributed by atoms with van der Waals surface area (Å²) in [7, 11) is 0. The summed E-state index contributed by atoms with van der Waals surface area (Å²) < 4.78 is 5.60. The van der Waals surface area contributed by atoms with Gasteiger partial charge >= 0.3 is 0 Å². The number of anilines is 2. The van der Waals surface area contributed by atoms with Crippen molar-refractivity contribution >= 4 is 34.6 Å². The highest BCUT2D eigenvalue weighted by Gasteiger charge is 2.06. The third-order valence-corrected chi connectivity index (χ3v) is 3.30. The summed E-state index contributed by atoms with van der Waals surface area (Å²) >= 11 is 12.2. The first-order chi connectivity index (χ1) is 9.66. The Balaban J connectivity index is 1.76. The number of para-hydroxylation sites is 1. The fraction of sp³-hybridized carbons (Fsp3) is 0.200. The van der Waals surface area contributed by atoms with E-state index in [9.17, 15) is 0 Å². The monoisotopic (exact) mass is 310 g/mol. The molecule has 0 heterocycles. The Morgan fingerprint density at radius 1 is 1.05 bits per heavy atom. The Bertz CT molecular complexity index is 538. The fourth-order valence-electron chi connectivity index (χ4n) is 1.75. The summed E-state index contributed by atoms with van der Waals surface area (Å²) in [6, 6.07) is 13.1. The summed E-state index contributed by atoms with van der Waals surface area (Å²) in [4.78, 5) is 0. The number of hydrogen-bond acceptors (Lipinski definition) is 3. The molecular weight excluding hydrogens is 295 g/mol. The average Bonchev–Trinajstić information content (AvgIpc) is 2.42. The van der Waals surface area contributed by atoms with Gasteiger partial charge in [-0.1, -0.05) is 41.4 Å². The largest absolute Gasteiger partial charge is 0.494 e. The van der Waals surface area contributed by atoms with Gasteiger partial charge in [-0.3, -0.25) is 0 Å². The molecule has 3 N–H and O–H groups in total. The lowest BCUT2D eigenvalue weighted by atomic mass is 10.2. The highest BCUT2D eigenvalue weighted by Crippen LogP contribution is 2.32. The van der Waals surface area contributed by atoms with Crippen LogP contribution in [0.15, 0.2) is 42.5 Å². The normalized spacial score (nSPS) is 10.3. The van der Waals surface area contributed by atoms with Crippen LogP contribution in [-0.2, 0) is 0 Å².